The van der Waals surface area contributed by atoms with Gasteiger partial charge in [-0.15, -0.1) is 23.1 Å². The van der Waals surface area contributed by atoms with Crippen molar-refractivity contribution in [1.82, 2.24) is 4.90 Å². The molecule has 1 fully saturated rings. The molecule has 0 radical (unpaired) electrons. The highest BCUT2D eigenvalue weighted by atomic mass is 32.2. The average molecular weight is 331 g/mol. The van der Waals surface area contributed by atoms with Gasteiger partial charge in [-0.25, -0.2) is 0 Å². The number of hydrogen-bond acceptors (Lipinski definition) is 4. The Morgan fingerprint density at radius 1 is 1.27 bits per heavy atom. The number of benzene rings is 1. The number of thioether (sulfide) groups is 1. The van der Waals surface area contributed by atoms with Crippen LogP contribution in [-0.4, -0.2) is 34.8 Å². The Labute approximate surface area is 137 Å². The second-order valence-electron chi connectivity index (χ2n) is 5.15. The lowest BCUT2D eigenvalue weighted by molar-refractivity contribution is -0.128. The lowest BCUT2D eigenvalue weighted by Gasteiger charge is -2.14. The summed E-state index contributed by atoms with van der Waals surface area (Å²) in [5.74, 6) is 2.14. The van der Waals surface area contributed by atoms with Gasteiger partial charge >= 0.3 is 0 Å². The molecule has 4 nitrogen and oxygen atoms in total. The number of nitrogens with one attached hydrogen (secondary N) is 1. The van der Waals surface area contributed by atoms with Gasteiger partial charge in [0.25, 0.3) is 0 Å². The Morgan fingerprint density at radius 2 is 2.05 bits per heavy atom. The smallest absolute Gasteiger partial charge is 0.227 e. The highest BCUT2D eigenvalue weighted by molar-refractivity contribution is 7.99. The van der Waals surface area contributed by atoms with Crippen molar-refractivity contribution in [1.29, 1.82) is 5.41 Å². The van der Waals surface area contributed by atoms with E-state index < -0.39 is 0 Å². The minimum Gasteiger partial charge on any atom is -0.383 e. The van der Waals surface area contributed by atoms with Crippen molar-refractivity contribution in [2.45, 2.75) is 6.42 Å². The van der Waals surface area contributed by atoms with Gasteiger partial charge in [0.2, 0.25) is 5.91 Å². The summed E-state index contributed by atoms with van der Waals surface area (Å²) in [6.07, 6.45) is 0.448. The molecule has 1 aromatic carbocycles. The van der Waals surface area contributed by atoms with Crippen LogP contribution in [0.1, 0.15) is 10.4 Å². The second kappa shape index (κ2) is 6.54. The minimum atomic E-state index is 0.0933. The molecule has 3 N–H and O–H groups in total. The van der Waals surface area contributed by atoms with Crippen molar-refractivity contribution in [2.24, 2.45) is 5.73 Å². The van der Waals surface area contributed by atoms with Crippen molar-refractivity contribution < 1.29 is 4.79 Å². The van der Waals surface area contributed by atoms with E-state index in [1.165, 1.54) is 11.3 Å². The number of rotatable bonds is 4. The number of hydrogen-bond donors (Lipinski definition) is 2. The number of nitrogens with two attached hydrogens (primary N) is 1. The minimum absolute atomic E-state index is 0.0933. The molecule has 1 saturated heterocycles. The number of carbonyl (C=O) groups excluding carboxylic acids is 1. The van der Waals surface area contributed by atoms with Crippen LogP contribution in [0.5, 0.6) is 0 Å². The Balaban J connectivity index is 1.73. The molecule has 1 amide bonds. The fraction of sp³-hybridized carbons (Fsp3) is 0.250. The van der Waals surface area contributed by atoms with Crippen LogP contribution >= 0.6 is 23.1 Å². The van der Waals surface area contributed by atoms with E-state index in [-0.39, 0.29) is 11.7 Å². The molecule has 1 aliphatic heterocycles. The van der Waals surface area contributed by atoms with Gasteiger partial charge < -0.3 is 10.6 Å². The molecule has 114 valence electrons. The molecule has 0 bridgehead atoms. The first-order chi connectivity index (χ1) is 10.6. The SMILES string of the molecule is N=C(N)c1sccc1-c1ccc(CC(=O)N2CCSC2)cc1. The first-order valence-corrected chi connectivity index (χ1v) is 9.05. The third-order valence-corrected chi connectivity index (χ3v) is 5.55. The Kier molecular flexibility index (Phi) is 4.49. The van der Waals surface area contributed by atoms with Crippen LogP contribution in [0.15, 0.2) is 35.7 Å². The van der Waals surface area contributed by atoms with E-state index in [1.807, 2.05) is 40.6 Å². The molecule has 2 aromatic rings. The van der Waals surface area contributed by atoms with Gasteiger partial charge in [-0.1, -0.05) is 24.3 Å². The molecular formula is C16H17N3OS2. The second-order valence-corrected chi connectivity index (χ2v) is 7.14. The highest BCUT2D eigenvalue weighted by Gasteiger charge is 2.18. The molecule has 6 heteroatoms. The van der Waals surface area contributed by atoms with Gasteiger partial charge in [0, 0.05) is 17.9 Å². The molecule has 3 rings (SSSR count). The molecule has 22 heavy (non-hydrogen) atoms. The van der Waals surface area contributed by atoms with Crippen LogP contribution in [0.3, 0.4) is 0 Å². The maximum Gasteiger partial charge on any atom is 0.227 e. The highest BCUT2D eigenvalue weighted by Crippen LogP contribution is 2.28. The molecular weight excluding hydrogens is 314 g/mol. The van der Waals surface area contributed by atoms with E-state index in [9.17, 15) is 4.79 Å². The summed E-state index contributed by atoms with van der Waals surface area (Å²) < 4.78 is 0. The van der Waals surface area contributed by atoms with E-state index >= 15 is 0 Å². The first-order valence-electron chi connectivity index (χ1n) is 7.02. The van der Waals surface area contributed by atoms with Crippen molar-refractivity contribution in [3.8, 4) is 11.1 Å². The summed E-state index contributed by atoms with van der Waals surface area (Å²) in [6, 6.07) is 9.94. The van der Waals surface area contributed by atoms with Crippen LogP contribution in [0.4, 0.5) is 0 Å². The van der Waals surface area contributed by atoms with E-state index in [0.29, 0.717) is 6.42 Å². The number of carbonyl (C=O) groups is 1. The maximum absolute atomic E-state index is 12.1. The normalized spacial score (nSPS) is 14.3. The third kappa shape index (κ3) is 3.18. The van der Waals surface area contributed by atoms with Crippen LogP contribution in [0.25, 0.3) is 11.1 Å². The standard InChI is InChI=1S/C16H17N3OS2/c17-16(18)15-13(5-7-22-15)12-3-1-11(2-4-12)9-14(20)19-6-8-21-10-19/h1-5,7H,6,8-10H2,(H3,17,18). The summed E-state index contributed by atoms with van der Waals surface area (Å²) >= 11 is 3.27. The van der Waals surface area contributed by atoms with Gasteiger partial charge in [0.05, 0.1) is 17.2 Å². The van der Waals surface area contributed by atoms with Gasteiger partial charge in [-0.05, 0) is 22.6 Å². The number of amides is 1. The Morgan fingerprint density at radius 3 is 2.68 bits per heavy atom. The lowest BCUT2D eigenvalue weighted by Crippen LogP contribution is -2.29. The summed E-state index contributed by atoms with van der Waals surface area (Å²) in [5.41, 5.74) is 8.63. The van der Waals surface area contributed by atoms with E-state index in [2.05, 4.69) is 0 Å². The zero-order chi connectivity index (χ0) is 15.5. The summed E-state index contributed by atoms with van der Waals surface area (Å²) in [4.78, 5) is 14.8. The topological polar surface area (TPSA) is 70.2 Å². The predicted molar refractivity (Wildman–Crippen MR) is 93.5 cm³/mol. The van der Waals surface area contributed by atoms with Crippen molar-refractivity contribution >= 4 is 34.8 Å². The van der Waals surface area contributed by atoms with Crippen molar-refractivity contribution in [3.63, 3.8) is 0 Å². The predicted octanol–water partition coefficient (Wildman–Crippen LogP) is 2.77. The van der Waals surface area contributed by atoms with E-state index in [0.717, 1.165) is 39.7 Å². The molecule has 0 aliphatic carbocycles. The Hall–Kier alpha value is -1.79. The Bertz CT molecular complexity index is 688. The van der Waals surface area contributed by atoms with Crippen molar-refractivity contribution in [2.75, 3.05) is 18.2 Å². The van der Waals surface area contributed by atoms with E-state index in [1.54, 1.807) is 11.8 Å². The summed E-state index contributed by atoms with van der Waals surface area (Å²) in [6.45, 7) is 0.860. The fourth-order valence-electron chi connectivity index (χ4n) is 2.44. The zero-order valence-electron chi connectivity index (χ0n) is 12.0. The van der Waals surface area contributed by atoms with Gasteiger partial charge in [-0.3, -0.25) is 10.2 Å². The molecule has 1 aliphatic rings. The van der Waals surface area contributed by atoms with Crippen molar-refractivity contribution in [3.05, 3.63) is 46.2 Å². The summed E-state index contributed by atoms with van der Waals surface area (Å²) in [5, 5.41) is 9.55. The number of nitrogens with zero attached hydrogens (tertiary/aromatic N) is 1. The molecule has 0 unspecified atom stereocenters. The van der Waals surface area contributed by atoms with Gasteiger partial charge in [-0.2, -0.15) is 0 Å². The maximum atomic E-state index is 12.1. The monoisotopic (exact) mass is 331 g/mol. The van der Waals surface area contributed by atoms with E-state index in [4.69, 9.17) is 11.1 Å². The molecule has 0 spiro atoms. The lowest BCUT2D eigenvalue weighted by atomic mass is 10.0. The average Bonchev–Trinajstić information content (AvgIpc) is 3.19. The largest absolute Gasteiger partial charge is 0.383 e. The zero-order valence-corrected chi connectivity index (χ0v) is 13.7. The van der Waals surface area contributed by atoms with Crippen LogP contribution in [-0.2, 0) is 11.2 Å². The van der Waals surface area contributed by atoms with Crippen LogP contribution < -0.4 is 5.73 Å². The number of nitrogen functional groups attached to an aromatic ring is 1. The number of thiophene rings is 1. The van der Waals surface area contributed by atoms with Gasteiger partial charge in [0.1, 0.15) is 5.84 Å². The quantitative estimate of drug-likeness (QED) is 0.668. The molecule has 2 heterocycles. The fourth-order valence-corrected chi connectivity index (χ4v) is 4.20. The molecule has 0 atom stereocenters. The molecule has 1 aromatic heterocycles. The first kappa shape index (κ1) is 15.1. The molecule has 0 saturated carbocycles. The van der Waals surface area contributed by atoms with Crippen LogP contribution in [0.2, 0.25) is 0 Å². The van der Waals surface area contributed by atoms with Gasteiger partial charge in [0.15, 0.2) is 0 Å². The summed E-state index contributed by atoms with van der Waals surface area (Å²) in [7, 11) is 0. The van der Waals surface area contributed by atoms with Crippen LogP contribution in [0, 0.1) is 5.41 Å². The third-order valence-electron chi connectivity index (χ3n) is 3.64. The number of amidine groups is 1.